The first kappa shape index (κ1) is 13.7. The summed E-state index contributed by atoms with van der Waals surface area (Å²) in [6.07, 6.45) is 1.26. The minimum absolute atomic E-state index is 0.226. The zero-order valence-electron chi connectivity index (χ0n) is 10.6. The van der Waals surface area contributed by atoms with Gasteiger partial charge < -0.3 is 4.74 Å². The van der Waals surface area contributed by atoms with Crippen LogP contribution in [-0.2, 0) is 10.2 Å². The van der Waals surface area contributed by atoms with Crippen molar-refractivity contribution in [2.24, 2.45) is 0 Å². The molecule has 0 radical (unpaired) electrons. The molecule has 0 saturated carbocycles. The molecule has 0 amide bonds. The van der Waals surface area contributed by atoms with Crippen molar-refractivity contribution >= 4 is 10.2 Å². The van der Waals surface area contributed by atoms with Crippen LogP contribution in [-0.4, -0.2) is 55.3 Å². The highest BCUT2D eigenvalue weighted by molar-refractivity contribution is 7.86. The SMILES string of the molecule is CN(C)S(=O)(=O)N1CC(Oc2cc(C#N)ccn2)C1. The second kappa shape index (κ2) is 5.13. The Balaban J connectivity index is 1.94. The Labute approximate surface area is 112 Å². The largest absolute Gasteiger partial charge is 0.471 e. The van der Waals surface area contributed by atoms with Gasteiger partial charge in [0.25, 0.3) is 10.2 Å². The van der Waals surface area contributed by atoms with Crippen LogP contribution in [0, 0.1) is 11.3 Å². The van der Waals surface area contributed by atoms with E-state index in [1.165, 1.54) is 30.7 Å². The summed E-state index contributed by atoms with van der Waals surface area (Å²) in [5.74, 6) is 0.339. The quantitative estimate of drug-likeness (QED) is 0.764. The lowest BCUT2D eigenvalue weighted by Crippen LogP contribution is -2.58. The topological polar surface area (TPSA) is 86.5 Å². The Morgan fingerprint density at radius 2 is 2.21 bits per heavy atom. The van der Waals surface area contributed by atoms with Gasteiger partial charge in [-0.25, -0.2) is 4.98 Å². The highest BCUT2D eigenvalue weighted by Crippen LogP contribution is 2.20. The van der Waals surface area contributed by atoms with E-state index in [0.29, 0.717) is 24.5 Å². The first-order valence-corrected chi connectivity index (χ1v) is 7.03. The zero-order valence-corrected chi connectivity index (χ0v) is 11.5. The van der Waals surface area contributed by atoms with Gasteiger partial charge in [-0.05, 0) is 6.07 Å². The number of hydrogen-bond donors (Lipinski definition) is 0. The van der Waals surface area contributed by atoms with Gasteiger partial charge in [0.1, 0.15) is 6.10 Å². The third-order valence-electron chi connectivity index (χ3n) is 2.75. The second-order valence-corrected chi connectivity index (χ2v) is 6.48. The van der Waals surface area contributed by atoms with E-state index in [1.807, 2.05) is 6.07 Å². The van der Waals surface area contributed by atoms with E-state index in [-0.39, 0.29) is 6.10 Å². The molecule has 0 N–H and O–H groups in total. The molecule has 1 saturated heterocycles. The maximum Gasteiger partial charge on any atom is 0.281 e. The molecule has 0 aliphatic carbocycles. The maximum absolute atomic E-state index is 11.7. The third kappa shape index (κ3) is 2.84. The van der Waals surface area contributed by atoms with Crippen molar-refractivity contribution in [1.29, 1.82) is 5.26 Å². The van der Waals surface area contributed by atoms with Crippen LogP contribution in [0.15, 0.2) is 18.3 Å². The summed E-state index contributed by atoms with van der Waals surface area (Å²) in [6, 6.07) is 5.10. The molecule has 19 heavy (non-hydrogen) atoms. The lowest BCUT2D eigenvalue weighted by Gasteiger charge is -2.38. The number of nitriles is 1. The van der Waals surface area contributed by atoms with Crippen LogP contribution < -0.4 is 4.74 Å². The standard InChI is InChI=1S/C11H14N4O3S/c1-14(2)19(16,17)15-7-10(8-15)18-11-5-9(6-12)3-4-13-11/h3-5,10H,7-8H2,1-2H3. The van der Waals surface area contributed by atoms with E-state index in [9.17, 15) is 8.42 Å². The predicted octanol–water partition coefficient (Wildman–Crippen LogP) is -0.177. The lowest BCUT2D eigenvalue weighted by atomic mass is 10.2. The Kier molecular flexibility index (Phi) is 3.71. The number of aromatic nitrogens is 1. The summed E-state index contributed by atoms with van der Waals surface area (Å²) in [5.41, 5.74) is 0.460. The number of nitrogens with zero attached hydrogens (tertiary/aromatic N) is 4. The average molecular weight is 282 g/mol. The number of rotatable bonds is 4. The van der Waals surface area contributed by atoms with Crippen molar-refractivity contribution in [2.75, 3.05) is 27.2 Å². The van der Waals surface area contributed by atoms with Crippen LogP contribution in [0.4, 0.5) is 0 Å². The molecule has 0 unspecified atom stereocenters. The number of pyridine rings is 1. The fourth-order valence-corrected chi connectivity index (χ4v) is 2.78. The fraction of sp³-hybridized carbons (Fsp3) is 0.455. The van der Waals surface area contributed by atoms with E-state index in [4.69, 9.17) is 10.00 Å². The van der Waals surface area contributed by atoms with Crippen LogP contribution in [0.5, 0.6) is 5.88 Å². The summed E-state index contributed by atoms with van der Waals surface area (Å²) in [4.78, 5) is 3.98. The summed E-state index contributed by atoms with van der Waals surface area (Å²) in [5, 5.41) is 8.75. The molecule has 0 bridgehead atoms. The van der Waals surface area contributed by atoms with Gasteiger partial charge in [-0.15, -0.1) is 0 Å². The molecule has 0 atom stereocenters. The molecule has 2 heterocycles. The van der Waals surface area contributed by atoms with Gasteiger partial charge in [-0.1, -0.05) is 0 Å². The zero-order chi connectivity index (χ0) is 14.0. The smallest absolute Gasteiger partial charge is 0.281 e. The van der Waals surface area contributed by atoms with Crippen LogP contribution >= 0.6 is 0 Å². The van der Waals surface area contributed by atoms with Gasteiger partial charge in [-0.2, -0.15) is 22.3 Å². The molecule has 8 heteroatoms. The highest BCUT2D eigenvalue weighted by Gasteiger charge is 2.38. The first-order chi connectivity index (χ1) is 8.93. The monoisotopic (exact) mass is 282 g/mol. The van der Waals surface area contributed by atoms with E-state index < -0.39 is 10.2 Å². The second-order valence-electron chi connectivity index (χ2n) is 4.34. The Morgan fingerprint density at radius 1 is 1.53 bits per heavy atom. The van der Waals surface area contributed by atoms with Gasteiger partial charge in [0, 0.05) is 26.4 Å². The van der Waals surface area contributed by atoms with Crippen LogP contribution in [0.3, 0.4) is 0 Å². The van der Waals surface area contributed by atoms with Gasteiger partial charge >= 0.3 is 0 Å². The lowest BCUT2D eigenvalue weighted by molar-refractivity contribution is 0.0687. The predicted molar refractivity (Wildman–Crippen MR) is 67.5 cm³/mol. The molecule has 102 valence electrons. The molecule has 0 spiro atoms. The molecular weight excluding hydrogens is 268 g/mol. The number of ether oxygens (including phenoxy) is 1. The molecule has 7 nitrogen and oxygen atoms in total. The molecule has 1 aromatic heterocycles. The van der Waals surface area contributed by atoms with Crippen molar-refractivity contribution < 1.29 is 13.2 Å². The van der Waals surface area contributed by atoms with Gasteiger partial charge in [0.2, 0.25) is 5.88 Å². The molecular formula is C11H14N4O3S. The van der Waals surface area contributed by atoms with Crippen LogP contribution in [0.2, 0.25) is 0 Å². The minimum Gasteiger partial charge on any atom is -0.471 e. The Morgan fingerprint density at radius 3 is 2.79 bits per heavy atom. The normalized spacial score (nSPS) is 16.9. The summed E-state index contributed by atoms with van der Waals surface area (Å²) in [6.45, 7) is 0.581. The molecule has 1 aliphatic heterocycles. The summed E-state index contributed by atoms with van der Waals surface area (Å²) >= 11 is 0. The van der Waals surface area contributed by atoms with Crippen LogP contribution in [0.1, 0.15) is 5.56 Å². The maximum atomic E-state index is 11.7. The molecule has 2 rings (SSSR count). The molecule has 1 aromatic rings. The highest BCUT2D eigenvalue weighted by atomic mass is 32.2. The van der Waals surface area contributed by atoms with E-state index in [1.54, 1.807) is 6.07 Å². The Hall–Kier alpha value is -1.69. The van der Waals surface area contributed by atoms with Gasteiger partial charge in [-0.3, -0.25) is 0 Å². The van der Waals surface area contributed by atoms with Crippen molar-refractivity contribution in [1.82, 2.24) is 13.6 Å². The van der Waals surface area contributed by atoms with Gasteiger partial charge in [0.15, 0.2) is 0 Å². The van der Waals surface area contributed by atoms with Crippen molar-refractivity contribution in [3.05, 3.63) is 23.9 Å². The van der Waals surface area contributed by atoms with Gasteiger partial charge in [0.05, 0.1) is 24.7 Å². The molecule has 0 aromatic carbocycles. The van der Waals surface area contributed by atoms with Crippen molar-refractivity contribution in [3.8, 4) is 11.9 Å². The Bertz CT molecular complexity index is 603. The van der Waals surface area contributed by atoms with Crippen molar-refractivity contribution in [3.63, 3.8) is 0 Å². The third-order valence-corrected chi connectivity index (χ3v) is 4.63. The average Bonchev–Trinajstić information content (AvgIpc) is 2.33. The summed E-state index contributed by atoms with van der Waals surface area (Å²) in [7, 11) is -0.389. The molecule has 1 aliphatic rings. The van der Waals surface area contributed by atoms with Crippen LogP contribution in [0.25, 0.3) is 0 Å². The number of hydrogen-bond acceptors (Lipinski definition) is 5. The van der Waals surface area contributed by atoms with E-state index in [0.717, 1.165) is 4.31 Å². The van der Waals surface area contributed by atoms with Crippen molar-refractivity contribution in [2.45, 2.75) is 6.10 Å². The summed E-state index contributed by atoms with van der Waals surface area (Å²) < 4.78 is 31.5. The van der Waals surface area contributed by atoms with E-state index in [2.05, 4.69) is 4.98 Å². The van der Waals surface area contributed by atoms with E-state index >= 15 is 0 Å². The molecule has 1 fully saturated rings. The fourth-order valence-electron chi connectivity index (χ4n) is 1.61. The first-order valence-electron chi connectivity index (χ1n) is 5.64. The minimum atomic E-state index is -3.36.